The van der Waals surface area contributed by atoms with Gasteiger partial charge in [0.05, 0.1) is 17.9 Å². The molecule has 1 N–H and O–H groups in total. The summed E-state index contributed by atoms with van der Waals surface area (Å²) in [6.07, 6.45) is -3.13. The Labute approximate surface area is 166 Å². The van der Waals surface area contributed by atoms with E-state index in [2.05, 4.69) is 5.32 Å². The molecule has 4 nitrogen and oxygen atoms in total. The maximum Gasteiger partial charge on any atom is 0.418 e. The summed E-state index contributed by atoms with van der Waals surface area (Å²) in [5.41, 5.74) is 0.106. The molecule has 0 aliphatic heterocycles. The number of ether oxygens (including phenoxy) is 1. The molecular weight excluding hydrogens is 383 g/mol. The smallest absolute Gasteiger partial charge is 0.418 e. The van der Waals surface area contributed by atoms with Crippen molar-refractivity contribution in [2.45, 2.75) is 25.4 Å². The van der Waals surface area contributed by atoms with Crippen molar-refractivity contribution in [1.29, 1.82) is 0 Å². The van der Waals surface area contributed by atoms with Crippen molar-refractivity contribution in [1.82, 2.24) is 0 Å². The molecule has 0 amide bonds. The lowest BCUT2D eigenvalue weighted by Gasteiger charge is -2.30. The number of ketones is 1. The molecule has 0 aromatic heterocycles. The summed E-state index contributed by atoms with van der Waals surface area (Å²) < 4.78 is 44.9. The van der Waals surface area contributed by atoms with Gasteiger partial charge in [0, 0.05) is 17.7 Å². The van der Waals surface area contributed by atoms with Crippen molar-refractivity contribution in [3.63, 3.8) is 0 Å². The Bertz CT molecular complexity index is 922. The van der Waals surface area contributed by atoms with Gasteiger partial charge in [0.15, 0.2) is 5.78 Å². The average Bonchev–Trinajstić information content (AvgIpc) is 2.68. The molecule has 0 bridgehead atoms. The highest BCUT2D eigenvalue weighted by Crippen LogP contribution is 2.39. The van der Waals surface area contributed by atoms with Crippen LogP contribution in [0, 0.1) is 5.92 Å². The second-order valence-corrected chi connectivity index (χ2v) is 6.69. The number of anilines is 1. The van der Waals surface area contributed by atoms with E-state index in [0.717, 1.165) is 11.6 Å². The highest BCUT2D eigenvalue weighted by atomic mass is 19.4. The minimum atomic E-state index is -4.53. The Hall–Kier alpha value is -3.09. The maximum atomic E-state index is 13.3. The van der Waals surface area contributed by atoms with Crippen molar-refractivity contribution < 1.29 is 27.5 Å². The van der Waals surface area contributed by atoms with Crippen LogP contribution >= 0.6 is 0 Å². The first-order valence-electron chi connectivity index (χ1n) is 9.20. The van der Waals surface area contributed by atoms with E-state index in [1.54, 1.807) is 31.2 Å². The molecule has 152 valence electrons. The Balaban J connectivity index is 1.95. The molecule has 0 unspecified atom stereocenters. The quantitative estimate of drug-likeness (QED) is 0.568. The lowest BCUT2D eigenvalue weighted by atomic mass is 9.76. The second-order valence-electron chi connectivity index (χ2n) is 6.69. The number of carbonyl (C=O) groups excluding carboxylic acids is 2. The van der Waals surface area contributed by atoms with Gasteiger partial charge in [-0.2, -0.15) is 13.2 Å². The Morgan fingerprint density at radius 2 is 1.76 bits per heavy atom. The highest BCUT2D eigenvalue weighted by molar-refractivity contribution is 6.07. The lowest BCUT2D eigenvalue weighted by molar-refractivity contribution is -0.151. The van der Waals surface area contributed by atoms with Gasteiger partial charge >= 0.3 is 12.1 Å². The van der Waals surface area contributed by atoms with Gasteiger partial charge in [0.25, 0.3) is 0 Å². The summed E-state index contributed by atoms with van der Waals surface area (Å²) in [5.74, 6) is -2.68. The fourth-order valence-electron chi connectivity index (χ4n) is 3.50. The third kappa shape index (κ3) is 4.67. The number of halogens is 3. The van der Waals surface area contributed by atoms with E-state index in [9.17, 15) is 22.8 Å². The van der Waals surface area contributed by atoms with Crippen LogP contribution in [0.1, 0.15) is 30.4 Å². The van der Waals surface area contributed by atoms with Gasteiger partial charge in [-0.05, 0) is 31.0 Å². The van der Waals surface area contributed by atoms with Crippen LogP contribution < -0.4 is 5.32 Å². The number of carbonyl (C=O) groups is 2. The monoisotopic (exact) mass is 403 g/mol. The summed E-state index contributed by atoms with van der Waals surface area (Å²) in [7, 11) is 0. The minimum Gasteiger partial charge on any atom is -0.465 e. The van der Waals surface area contributed by atoms with Crippen LogP contribution in [0.5, 0.6) is 0 Å². The zero-order valence-corrected chi connectivity index (χ0v) is 15.7. The van der Waals surface area contributed by atoms with Crippen molar-refractivity contribution >= 4 is 17.4 Å². The van der Waals surface area contributed by atoms with Crippen LogP contribution in [0.3, 0.4) is 0 Å². The molecule has 0 saturated heterocycles. The number of allylic oxidation sites excluding steroid dienone is 2. The maximum absolute atomic E-state index is 13.3. The Morgan fingerprint density at radius 1 is 1.10 bits per heavy atom. The molecule has 7 heteroatoms. The minimum absolute atomic E-state index is 0.137. The molecule has 0 heterocycles. The second kappa shape index (κ2) is 8.51. The Kier molecular flexibility index (Phi) is 6.06. The highest BCUT2D eigenvalue weighted by Gasteiger charge is 2.40. The molecule has 0 fully saturated rings. The molecule has 2 aromatic rings. The molecule has 3 rings (SSSR count). The number of benzene rings is 2. The van der Waals surface area contributed by atoms with Crippen LogP contribution in [0.25, 0.3) is 0 Å². The van der Waals surface area contributed by atoms with Gasteiger partial charge in [-0.1, -0.05) is 42.5 Å². The van der Waals surface area contributed by atoms with E-state index in [0.29, 0.717) is 5.70 Å². The summed E-state index contributed by atoms with van der Waals surface area (Å²) in [6.45, 7) is 1.79. The number of nitrogens with one attached hydrogen (secondary N) is 1. The van der Waals surface area contributed by atoms with E-state index in [-0.39, 0.29) is 18.7 Å². The van der Waals surface area contributed by atoms with E-state index < -0.39 is 35.3 Å². The first-order valence-corrected chi connectivity index (χ1v) is 9.20. The van der Waals surface area contributed by atoms with Crippen molar-refractivity contribution in [3.8, 4) is 0 Å². The fourth-order valence-corrected chi connectivity index (χ4v) is 3.50. The van der Waals surface area contributed by atoms with Gasteiger partial charge in [0.1, 0.15) is 5.92 Å². The lowest BCUT2D eigenvalue weighted by Crippen LogP contribution is -2.35. The van der Waals surface area contributed by atoms with E-state index in [4.69, 9.17) is 4.74 Å². The number of rotatable bonds is 5. The molecule has 0 spiro atoms. The van der Waals surface area contributed by atoms with Crippen LogP contribution in [-0.2, 0) is 20.5 Å². The number of hydrogen-bond acceptors (Lipinski definition) is 4. The SMILES string of the molecule is CCOC(=O)[C@@H]1C(=O)C=C(Nc2ccccc2C(F)(F)F)C[C@@H]1c1ccccc1. The largest absolute Gasteiger partial charge is 0.465 e. The topological polar surface area (TPSA) is 55.4 Å². The van der Waals surface area contributed by atoms with Crippen molar-refractivity contribution in [2.75, 3.05) is 11.9 Å². The van der Waals surface area contributed by atoms with Gasteiger partial charge < -0.3 is 10.1 Å². The van der Waals surface area contributed by atoms with Crippen LogP contribution in [0.2, 0.25) is 0 Å². The van der Waals surface area contributed by atoms with Crippen molar-refractivity contribution in [3.05, 3.63) is 77.5 Å². The third-order valence-corrected chi connectivity index (χ3v) is 4.76. The normalized spacial score (nSPS) is 19.4. The van der Waals surface area contributed by atoms with E-state index >= 15 is 0 Å². The number of esters is 1. The first kappa shape index (κ1) is 20.6. The molecule has 0 saturated carbocycles. The predicted octanol–water partition coefficient (Wildman–Crippen LogP) is 4.94. The summed E-state index contributed by atoms with van der Waals surface area (Å²) in [5, 5.41) is 2.75. The van der Waals surface area contributed by atoms with Gasteiger partial charge in [-0.25, -0.2) is 0 Å². The Morgan fingerprint density at radius 3 is 2.41 bits per heavy atom. The molecular formula is C22H20F3NO3. The van der Waals surface area contributed by atoms with Crippen LogP contribution in [0.15, 0.2) is 66.4 Å². The number of hydrogen-bond donors (Lipinski definition) is 1. The van der Waals surface area contributed by atoms with Gasteiger partial charge in [-0.15, -0.1) is 0 Å². The summed E-state index contributed by atoms with van der Waals surface area (Å²) >= 11 is 0. The van der Waals surface area contributed by atoms with E-state index in [1.165, 1.54) is 24.3 Å². The molecule has 2 atom stereocenters. The molecule has 2 aromatic carbocycles. The fraction of sp³-hybridized carbons (Fsp3) is 0.273. The molecule has 1 aliphatic carbocycles. The molecule has 0 radical (unpaired) electrons. The zero-order valence-electron chi connectivity index (χ0n) is 15.7. The van der Waals surface area contributed by atoms with Crippen LogP contribution in [0.4, 0.5) is 18.9 Å². The predicted molar refractivity (Wildman–Crippen MR) is 102 cm³/mol. The van der Waals surface area contributed by atoms with Crippen LogP contribution in [-0.4, -0.2) is 18.4 Å². The zero-order chi connectivity index (χ0) is 21.0. The molecule has 29 heavy (non-hydrogen) atoms. The third-order valence-electron chi connectivity index (χ3n) is 4.76. The van der Waals surface area contributed by atoms with Gasteiger partial charge in [0.2, 0.25) is 0 Å². The average molecular weight is 403 g/mol. The number of alkyl halides is 3. The molecule has 1 aliphatic rings. The van der Waals surface area contributed by atoms with Crippen molar-refractivity contribution in [2.24, 2.45) is 5.92 Å². The number of para-hydroxylation sites is 1. The summed E-state index contributed by atoms with van der Waals surface area (Å²) in [6, 6.07) is 14.0. The van der Waals surface area contributed by atoms with E-state index in [1.807, 2.05) is 6.07 Å². The first-order chi connectivity index (χ1) is 13.8. The summed E-state index contributed by atoms with van der Waals surface area (Å²) in [4.78, 5) is 25.1. The van der Waals surface area contributed by atoms with Gasteiger partial charge in [-0.3, -0.25) is 9.59 Å². The standard InChI is InChI=1S/C22H20F3NO3/c1-2-29-21(28)20-16(14-8-4-3-5-9-14)12-15(13-19(20)27)26-18-11-7-6-10-17(18)22(23,24)25/h3-11,13,16,20,26H,2,12H2,1H3/t16-,20+/m1/s1.